The Kier molecular flexibility index (Phi) is 3.75. The van der Waals surface area contributed by atoms with E-state index in [1.165, 1.54) is 0 Å². The summed E-state index contributed by atoms with van der Waals surface area (Å²) in [5.74, 6) is -0.0595. The molecule has 1 N–H and O–H groups in total. The van der Waals surface area contributed by atoms with Crippen molar-refractivity contribution in [3.05, 3.63) is 52.6 Å². The fourth-order valence-corrected chi connectivity index (χ4v) is 3.26. The molecule has 1 amide bonds. The zero-order valence-corrected chi connectivity index (χ0v) is 12.9. The molecule has 0 aliphatic heterocycles. The molecule has 5 heteroatoms. The van der Waals surface area contributed by atoms with E-state index in [-0.39, 0.29) is 11.9 Å². The second-order valence-corrected chi connectivity index (χ2v) is 5.88. The Morgan fingerprint density at radius 2 is 2.24 bits per heavy atom. The second-order valence-electron chi connectivity index (χ2n) is 4.95. The number of amides is 1. The van der Waals surface area contributed by atoms with Gasteiger partial charge in [0, 0.05) is 29.5 Å². The lowest BCUT2D eigenvalue weighted by Gasteiger charge is -2.14. The summed E-state index contributed by atoms with van der Waals surface area (Å²) < 4.78 is 1.93. The molecule has 3 rings (SSSR count). The lowest BCUT2D eigenvalue weighted by molar-refractivity contribution is 0.0927. The minimum Gasteiger partial charge on any atom is -0.342 e. The fourth-order valence-electron chi connectivity index (χ4n) is 2.48. The highest BCUT2D eigenvalue weighted by Gasteiger charge is 2.19. The van der Waals surface area contributed by atoms with Crippen molar-refractivity contribution in [2.24, 2.45) is 7.05 Å². The van der Waals surface area contributed by atoms with Crippen LogP contribution in [0, 0.1) is 0 Å². The summed E-state index contributed by atoms with van der Waals surface area (Å²) in [5.41, 5.74) is 1.73. The number of carbonyl (C=O) groups is 1. The van der Waals surface area contributed by atoms with Crippen molar-refractivity contribution < 1.29 is 4.79 Å². The molecule has 3 aromatic rings. The first-order valence-electron chi connectivity index (χ1n) is 6.95. The number of para-hydroxylation sites is 1. The van der Waals surface area contributed by atoms with Crippen LogP contribution in [0.1, 0.15) is 34.9 Å². The monoisotopic (exact) mass is 299 g/mol. The SMILES string of the molecule is CC[C@H](NC(=O)c1cc2ccccc2n1C)c1nccs1. The maximum Gasteiger partial charge on any atom is 0.268 e. The van der Waals surface area contributed by atoms with Gasteiger partial charge in [-0.05, 0) is 18.6 Å². The minimum atomic E-state index is -0.0595. The van der Waals surface area contributed by atoms with Crippen molar-refractivity contribution in [3.63, 3.8) is 0 Å². The predicted octanol–water partition coefficient (Wildman–Crippen LogP) is 3.52. The molecule has 0 radical (unpaired) electrons. The van der Waals surface area contributed by atoms with E-state index in [0.717, 1.165) is 22.3 Å². The third-order valence-corrected chi connectivity index (χ3v) is 4.54. The summed E-state index contributed by atoms with van der Waals surface area (Å²) >= 11 is 1.57. The van der Waals surface area contributed by atoms with Crippen LogP contribution < -0.4 is 5.32 Å². The Morgan fingerprint density at radius 1 is 1.43 bits per heavy atom. The molecular formula is C16H17N3OS. The molecule has 0 aliphatic rings. The molecule has 108 valence electrons. The Bertz CT molecular complexity index is 761. The first-order valence-corrected chi connectivity index (χ1v) is 7.83. The van der Waals surface area contributed by atoms with Crippen LogP contribution in [0.5, 0.6) is 0 Å². The van der Waals surface area contributed by atoms with Crippen LogP contribution in [0.2, 0.25) is 0 Å². The Hall–Kier alpha value is -2.14. The van der Waals surface area contributed by atoms with Crippen molar-refractivity contribution in [2.75, 3.05) is 0 Å². The molecule has 0 saturated heterocycles. The standard InChI is InChI=1S/C16H17N3OS/c1-3-12(16-17-8-9-21-16)18-15(20)14-10-11-6-4-5-7-13(11)19(14)2/h4-10,12H,3H2,1-2H3,(H,18,20)/t12-/m0/s1. The minimum absolute atomic E-state index is 0.0319. The van der Waals surface area contributed by atoms with Gasteiger partial charge in [-0.25, -0.2) is 4.98 Å². The van der Waals surface area contributed by atoms with Crippen LogP contribution >= 0.6 is 11.3 Å². The number of hydrogen-bond donors (Lipinski definition) is 1. The van der Waals surface area contributed by atoms with Crippen molar-refractivity contribution in [1.29, 1.82) is 0 Å². The van der Waals surface area contributed by atoms with E-state index in [9.17, 15) is 4.79 Å². The second kappa shape index (κ2) is 5.69. The summed E-state index contributed by atoms with van der Waals surface area (Å²) in [6.45, 7) is 2.05. The predicted molar refractivity (Wildman–Crippen MR) is 85.5 cm³/mol. The summed E-state index contributed by atoms with van der Waals surface area (Å²) in [6.07, 6.45) is 2.59. The zero-order chi connectivity index (χ0) is 14.8. The van der Waals surface area contributed by atoms with Gasteiger partial charge < -0.3 is 9.88 Å². The summed E-state index contributed by atoms with van der Waals surface area (Å²) in [6, 6.07) is 9.90. The van der Waals surface area contributed by atoms with E-state index < -0.39 is 0 Å². The van der Waals surface area contributed by atoms with E-state index >= 15 is 0 Å². The third kappa shape index (κ3) is 2.56. The molecule has 4 nitrogen and oxygen atoms in total. The molecule has 2 heterocycles. The maximum absolute atomic E-state index is 12.5. The van der Waals surface area contributed by atoms with E-state index in [1.807, 2.05) is 54.3 Å². The molecule has 1 atom stereocenters. The van der Waals surface area contributed by atoms with Crippen molar-refractivity contribution in [1.82, 2.24) is 14.9 Å². The van der Waals surface area contributed by atoms with Gasteiger partial charge in [0.2, 0.25) is 0 Å². The van der Waals surface area contributed by atoms with E-state index in [0.29, 0.717) is 5.69 Å². The highest BCUT2D eigenvalue weighted by atomic mass is 32.1. The quantitative estimate of drug-likeness (QED) is 0.801. The van der Waals surface area contributed by atoms with Crippen LogP contribution in [0.25, 0.3) is 10.9 Å². The molecule has 0 aliphatic carbocycles. The van der Waals surface area contributed by atoms with Crippen molar-refractivity contribution >= 4 is 28.1 Å². The van der Waals surface area contributed by atoms with Gasteiger partial charge in [-0.3, -0.25) is 4.79 Å². The van der Waals surface area contributed by atoms with Gasteiger partial charge in [0.15, 0.2) is 0 Å². The molecule has 0 spiro atoms. The number of nitrogens with zero attached hydrogens (tertiary/aromatic N) is 2. The normalized spacial score (nSPS) is 12.5. The number of fused-ring (bicyclic) bond motifs is 1. The summed E-state index contributed by atoms with van der Waals surface area (Å²) in [7, 11) is 1.92. The topological polar surface area (TPSA) is 46.9 Å². The van der Waals surface area contributed by atoms with Crippen LogP contribution in [0.4, 0.5) is 0 Å². The Balaban J connectivity index is 1.88. The average molecular weight is 299 g/mol. The molecule has 0 saturated carbocycles. The lowest BCUT2D eigenvalue weighted by atomic mass is 10.2. The van der Waals surface area contributed by atoms with Crippen LogP contribution in [0.3, 0.4) is 0 Å². The van der Waals surface area contributed by atoms with Gasteiger partial charge in [0.1, 0.15) is 10.7 Å². The van der Waals surface area contributed by atoms with E-state index in [1.54, 1.807) is 17.5 Å². The highest BCUT2D eigenvalue weighted by molar-refractivity contribution is 7.09. The Labute approximate surface area is 127 Å². The lowest BCUT2D eigenvalue weighted by Crippen LogP contribution is -2.29. The molecular weight excluding hydrogens is 282 g/mol. The first-order chi connectivity index (χ1) is 10.2. The number of thiazole rings is 1. The van der Waals surface area contributed by atoms with Crippen LogP contribution in [0.15, 0.2) is 41.9 Å². The number of aryl methyl sites for hydroxylation is 1. The number of rotatable bonds is 4. The molecule has 0 unspecified atom stereocenters. The summed E-state index contributed by atoms with van der Waals surface area (Å²) in [5, 5.41) is 7.03. The van der Waals surface area contributed by atoms with E-state index in [4.69, 9.17) is 0 Å². The first kappa shape index (κ1) is 13.8. The van der Waals surface area contributed by atoms with Gasteiger partial charge in [0.25, 0.3) is 5.91 Å². The summed E-state index contributed by atoms with van der Waals surface area (Å²) in [4.78, 5) is 16.8. The number of carbonyl (C=O) groups excluding carboxylic acids is 1. The average Bonchev–Trinajstić information content (AvgIpc) is 3.13. The number of benzene rings is 1. The maximum atomic E-state index is 12.5. The Morgan fingerprint density at radius 3 is 2.90 bits per heavy atom. The molecule has 2 aromatic heterocycles. The van der Waals surface area contributed by atoms with Gasteiger partial charge in [-0.1, -0.05) is 25.1 Å². The van der Waals surface area contributed by atoms with E-state index in [2.05, 4.69) is 10.3 Å². The third-order valence-electron chi connectivity index (χ3n) is 3.65. The van der Waals surface area contributed by atoms with Gasteiger partial charge in [0.05, 0.1) is 6.04 Å². The number of aromatic nitrogens is 2. The number of nitrogens with one attached hydrogen (secondary N) is 1. The van der Waals surface area contributed by atoms with Crippen molar-refractivity contribution in [3.8, 4) is 0 Å². The fraction of sp³-hybridized carbons (Fsp3) is 0.250. The molecule has 21 heavy (non-hydrogen) atoms. The largest absolute Gasteiger partial charge is 0.342 e. The molecule has 1 aromatic carbocycles. The highest BCUT2D eigenvalue weighted by Crippen LogP contribution is 2.22. The molecule has 0 bridgehead atoms. The smallest absolute Gasteiger partial charge is 0.268 e. The molecule has 0 fully saturated rings. The zero-order valence-electron chi connectivity index (χ0n) is 12.0. The van der Waals surface area contributed by atoms with Crippen LogP contribution in [-0.4, -0.2) is 15.5 Å². The van der Waals surface area contributed by atoms with Gasteiger partial charge in [-0.2, -0.15) is 0 Å². The van der Waals surface area contributed by atoms with Gasteiger partial charge >= 0.3 is 0 Å². The van der Waals surface area contributed by atoms with Crippen molar-refractivity contribution in [2.45, 2.75) is 19.4 Å². The van der Waals surface area contributed by atoms with Gasteiger partial charge in [-0.15, -0.1) is 11.3 Å². The van der Waals surface area contributed by atoms with Crippen LogP contribution in [-0.2, 0) is 7.05 Å². The number of hydrogen-bond acceptors (Lipinski definition) is 3.